The van der Waals surface area contributed by atoms with E-state index in [9.17, 15) is 14.0 Å². The number of rotatable bonds is 3. The fraction of sp³-hybridized carbons (Fsp3) is 0.267. The summed E-state index contributed by atoms with van der Waals surface area (Å²) < 4.78 is 13.4. The second-order valence-corrected chi connectivity index (χ2v) is 6.83. The molecule has 1 aliphatic rings. The van der Waals surface area contributed by atoms with Gasteiger partial charge in [0.25, 0.3) is 5.91 Å². The van der Waals surface area contributed by atoms with E-state index in [1.54, 1.807) is 6.07 Å². The van der Waals surface area contributed by atoms with Crippen molar-refractivity contribution in [1.29, 1.82) is 0 Å². The third-order valence-corrected chi connectivity index (χ3v) is 4.70. The van der Waals surface area contributed by atoms with E-state index in [1.165, 1.54) is 18.3 Å². The number of carbonyl (C=O) groups excluding carboxylic acids is 2. The molecule has 0 saturated carbocycles. The second-order valence-electron chi connectivity index (χ2n) is 5.36. The van der Waals surface area contributed by atoms with Crippen LogP contribution in [-0.4, -0.2) is 28.9 Å². The highest BCUT2D eigenvalue weighted by Gasteiger charge is 2.31. The van der Waals surface area contributed by atoms with Gasteiger partial charge in [-0.3, -0.25) is 9.59 Å². The molecule has 5 nitrogen and oxygen atoms in total. The number of aromatic nitrogens is 1. The molecule has 0 radical (unpaired) electrons. The third-order valence-electron chi connectivity index (χ3n) is 3.44. The van der Waals surface area contributed by atoms with Crippen LogP contribution in [0, 0.1) is 5.82 Å². The van der Waals surface area contributed by atoms with Gasteiger partial charge in [-0.05, 0) is 31.5 Å². The van der Waals surface area contributed by atoms with Gasteiger partial charge in [-0.1, -0.05) is 11.6 Å². The Kier molecular flexibility index (Phi) is 4.32. The SMILES string of the molecule is CC1CC(NC(=O)c2cnc(-c3cc(F)cc(Cl)c3)s2)C(=O)N1. The fourth-order valence-corrected chi connectivity index (χ4v) is 3.43. The molecule has 1 aliphatic heterocycles. The van der Waals surface area contributed by atoms with Crippen molar-refractivity contribution in [3.05, 3.63) is 40.1 Å². The maximum Gasteiger partial charge on any atom is 0.263 e. The van der Waals surface area contributed by atoms with Crippen molar-refractivity contribution in [1.82, 2.24) is 15.6 Å². The molecule has 8 heteroatoms. The predicted molar refractivity (Wildman–Crippen MR) is 86.0 cm³/mol. The van der Waals surface area contributed by atoms with Crippen molar-refractivity contribution >= 4 is 34.8 Å². The van der Waals surface area contributed by atoms with Crippen LogP contribution in [0.5, 0.6) is 0 Å². The van der Waals surface area contributed by atoms with E-state index in [0.717, 1.165) is 11.3 Å². The molecule has 2 N–H and O–H groups in total. The van der Waals surface area contributed by atoms with E-state index in [1.807, 2.05) is 6.92 Å². The summed E-state index contributed by atoms with van der Waals surface area (Å²) >= 11 is 6.94. The van der Waals surface area contributed by atoms with Gasteiger partial charge >= 0.3 is 0 Å². The Labute approximate surface area is 140 Å². The zero-order chi connectivity index (χ0) is 16.6. The summed E-state index contributed by atoms with van der Waals surface area (Å²) in [6, 6.07) is 3.59. The van der Waals surface area contributed by atoms with Crippen LogP contribution in [0.1, 0.15) is 23.0 Å². The number of nitrogens with zero attached hydrogens (tertiary/aromatic N) is 1. The highest BCUT2D eigenvalue weighted by Crippen LogP contribution is 2.28. The number of carbonyl (C=O) groups is 2. The number of benzene rings is 1. The number of hydrogen-bond donors (Lipinski definition) is 2. The van der Waals surface area contributed by atoms with E-state index < -0.39 is 11.9 Å². The number of hydrogen-bond acceptors (Lipinski definition) is 4. The molecule has 0 aliphatic carbocycles. The lowest BCUT2D eigenvalue weighted by Gasteiger charge is -2.08. The highest BCUT2D eigenvalue weighted by molar-refractivity contribution is 7.16. The number of nitrogens with one attached hydrogen (secondary N) is 2. The minimum Gasteiger partial charge on any atom is -0.352 e. The van der Waals surface area contributed by atoms with Crippen molar-refractivity contribution in [3.63, 3.8) is 0 Å². The maximum absolute atomic E-state index is 13.4. The lowest BCUT2D eigenvalue weighted by Crippen LogP contribution is -2.39. The van der Waals surface area contributed by atoms with Crippen molar-refractivity contribution in [3.8, 4) is 10.6 Å². The molecule has 0 bridgehead atoms. The fourth-order valence-electron chi connectivity index (χ4n) is 2.41. The van der Waals surface area contributed by atoms with Crippen LogP contribution in [0.3, 0.4) is 0 Å². The van der Waals surface area contributed by atoms with Crippen LogP contribution < -0.4 is 10.6 Å². The average molecular weight is 354 g/mol. The average Bonchev–Trinajstić information content (AvgIpc) is 3.05. The first-order valence-electron chi connectivity index (χ1n) is 6.96. The summed E-state index contributed by atoms with van der Waals surface area (Å²) in [5, 5.41) is 6.18. The Morgan fingerprint density at radius 1 is 1.48 bits per heavy atom. The molecule has 120 valence electrons. The van der Waals surface area contributed by atoms with Crippen molar-refractivity contribution in [2.45, 2.75) is 25.4 Å². The molecule has 1 aromatic heterocycles. The minimum absolute atomic E-state index is 0.0410. The van der Waals surface area contributed by atoms with Crippen LogP contribution in [0.4, 0.5) is 4.39 Å². The zero-order valence-corrected chi connectivity index (χ0v) is 13.7. The third kappa shape index (κ3) is 3.51. The molecule has 2 amide bonds. The van der Waals surface area contributed by atoms with E-state index >= 15 is 0 Å². The van der Waals surface area contributed by atoms with E-state index in [0.29, 0.717) is 21.9 Å². The summed E-state index contributed by atoms with van der Waals surface area (Å²) in [4.78, 5) is 28.4. The summed E-state index contributed by atoms with van der Waals surface area (Å²) in [5.74, 6) is -1.02. The lowest BCUT2D eigenvalue weighted by molar-refractivity contribution is -0.120. The van der Waals surface area contributed by atoms with Crippen LogP contribution in [0.2, 0.25) is 5.02 Å². The minimum atomic E-state index is -0.535. The quantitative estimate of drug-likeness (QED) is 0.891. The smallest absolute Gasteiger partial charge is 0.263 e. The van der Waals surface area contributed by atoms with Crippen LogP contribution >= 0.6 is 22.9 Å². The molecule has 2 aromatic rings. The molecule has 1 fully saturated rings. The summed E-state index contributed by atoms with van der Waals surface area (Å²) in [6.07, 6.45) is 1.96. The van der Waals surface area contributed by atoms with Gasteiger partial charge in [0.05, 0.1) is 6.20 Å². The molecule has 23 heavy (non-hydrogen) atoms. The van der Waals surface area contributed by atoms with E-state index in [2.05, 4.69) is 15.6 Å². The van der Waals surface area contributed by atoms with Gasteiger partial charge in [-0.25, -0.2) is 9.37 Å². The molecule has 0 spiro atoms. The van der Waals surface area contributed by atoms with Crippen molar-refractivity contribution in [2.75, 3.05) is 0 Å². The van der Waals surface area contributed by atoms with E-state index in [4.69, 9.17) is 11.6 Å². The zero-order valence-electron chi connectivity index (χ0n) is 12.1. The first-order valence-corrected chi connectivity index (χ1v) is 8.15. The Morgan fingerprint density at radius 3 is 2.91 bits per heavy atom. The Bertz CT molecular complexity index is 760. The number of amides is 2. The molecule has 2 atom stereocenters. The summed E-state index contributed by atoms with van der Waals surface area (Å²) in [7, 11) is 0. The first-order chi connectivity index (χ1) is 10.9. The molecule has 1 saturated heterocycles. The highest BCUT2D eigenvalue weighted by atomic mass is 35.5. The summed E-state index contributed by atoms with van der Waals surface area (Å²) in [6.45, 7) is 1.88. The van der Waals surface area contributed by atoms with Gasteiger partial charge in [0.15, 0.2) is 0 Å². The lowest BCUT2D eigenvalue weighted by atomic mass is 10.2. The normalized spacial score (nSPS) is 20.4. The van der Waals surface area contributed by atoms with Crippen molar-refractivity contribution < 1.29 is 14.0 Å². The summed E-state index contributed by atoms with van der Waals surface area (Å²) in [5.41, 5.74) is 0.506. The molecular weight excluding hydrogens is 341 g/mol. The van der Waals surface area contributed by atoms with Crippen LogP contribution in [0.15, 0.2) is 24.4 Å². The Balaban J connectivity index is 1.76. The molecular formula is C15H13ClFN3O2S. The van der Waals surface area contributed by atoms with Gasteiger partial charge in [0.2, 0.25) is 5.91 Å². The van der Waals surface area contributed by atoms with Gasteiger partial charge in [0.1, 0.15) is 21.7 Å². The van der Waals surface area contributed by atoms with Crippen molar-refractivity contribution in [2.24, 2.45) is 0 Å². The monoisotopic (exact) mass is 353 g/mol. The molecule has 2 heterocycles. The number of thiazole rings is 1. The van der Waals surface area contributed by atoms with Gasteiger partial charge in [0, 0.05) is 16.6 Å². The largest absolute Gasteiger partial charge is 0.352 e. The van der Waals surface area contributed by atoms with Gasteiger partial charge in [-0.2, -0.15) is 0 Å². The van der Waals surface area contributed by atoms with E-state index in [-0.39, 0.29) is 22.9 Å². The van der Waals surface area contributed by atoms with Gasteiger partial charge in [-0.15, -0.1) is 11.3 Å². The predicted octanol–water partition coefficient (Wildman–Crippen LogP) is 2.61. The molecule has 3 rings (SSSR count). The standard InChI is InChI=1S/C15H13ClFN3O2S/c1-7-2-11(13(21)19-7)20-14(22)12-6-18-15(23-12)8-3-9(16)5-10(17)4-8/h3-7,11H,2H2,1H3,(H,19,21)(H,20,22). The molecule has 1 aromatic carbocycles. The Morgan fingerprint density at radius 2 is 2.26 bits per heavy atom. The van der Waals surface area contributed by atoms with Crippen LogP contribution in [-0.2, 0) is 4.79 Å². The topological polar surface area (TPSA) is 71.1 Å². The van der Waals surface area contributed by atoms with Crippen LogP contribution in [0.25, 0.3) is 10.6 Å². The molecule has 2 unspecified atom stereocenters. The maximum atomic E-state index is 13.4. The first kappa shape index (κ1) is 15.9. The second kappa shape index (κ2) is 6.25. The Hall–Kier alpha value is -1.99. The number of halogens is 2. The van der Waals surface area contributed by atoms with Gasteiger partial charge < -0.3 is 10.6 Å².